The van der Waals surface area contributed by atoms with E-state index in [0.29, 0.717) is 12.1 Å². The summed E-state index contributed by atoms with van der Waals surface area (Å²) in [4.78, 5) is 14.1. The van der Waals surface area contributed by atoms with Crippen LogP contribution in [0.5, 0.6) is 0 Å². The van der Waals surface area contributed by atoms with Gasteiger partial charge in [-0.15, -0.1) is 0 Å². The van der Waals surface area contributed by atoms with Crippen molar-refractivity contribution in [2.75, 3.05) is 39.3 Å². The van der Waals surface area contributed by atoms with Crippen LogP contribution >= 0.6 is 0 Å². The van der Waals surface area contributed by atoms with Crippen molar-refractivity contribution in [1.29, 1.82) is 0 Å². The van der Waals surface area contributed by atoms with Gasteiger partial charge < -0.3 is 15.5 Å². The summed E-state index contributed by atoms with van der Waals surface area (Å²) < 4.78 is 13.4. The Morgan fingerprint density at radius 1 is 1.30 bits per heavy atom. The van der Waals surface area contributed by atoms with Crippen LogP contribution in [-0.2, 0) is 11.2 Å². The maximum absolute atomic E-state index is 13.4. The molecule has 0 unspecified atom stereocenters. The summed E-state index contributed by atoms with van der Waals surface area (Å²) in [6, 6.07) is 6.41. The first-order chi connectivity index (χ1) is 9.75. The van der Waals surface area contributed by atoms with Crippen molar-refractivity contribution >= 4 is 5.91 Å². The second-order valence-electron chi connectivity index (χ2n) is 5.06. The van der Waals surface area contributed by atoms with E-state index in [0.717, 1.165) is 39.1 Å². The predicted molar refractivity (Wildman–Crippen MR) is 77.0 cm³/mol. The molecule has 110 valence electrons. The monoisotopic (exact) mass is 279 g/mol. The Bertz CT molecular complexity index is 433. The van der Waals surface area contributed by atoms with Crippen LogP contribution in [0.1, 0.15) is 12.0 Å². The molecule has 0 atom stereocenters. The van der Waals surface area contributed by atoms with E-state index in [1.165, 1.54) is 6.07 Å². The molecular weight excluding hydrogens is 257 g/mol. The number of rotatable bonds is 6. The molecule has 4 nitrogen and oxygen atoms in total. The first-order valence-electron chi connectivity index (χ1n) is 7.19. The molecule has 0 spiro atoms. The second-order valence-corrected chi connectivity index (χ2v) is 5.06. The standard InChI is InChI=1S/C15H22FN3O/c16-14-5-2-1-4-13(14)12-15(20)18-6-3-9-19-10-7-17-8-11-19/h1-2,4-5,17H,3,6-12H2,(H,18,20). The van der Waals surface area contributed by atoms with Gasteiger partial charge in [-0.3, -0.25) is 4.79 Å². The van der Waals surface area contributed by atoms with E-state index < -0.39 is 0 Å². The highest BCUT2D eigenvalue weighted by Crippen LogP contribution is 2.06. The fourth-order valence-electron chi connectivity index (χ4n) is 2.34. The van der Waals surface area contributed by atoms with Gasteiger partial charge in [0.05, 0.1) is 6.42 Å². The van der Waals surface area contributed by atoms with Crippen LogP contribution in [0.15, 0.2) is 24.3 Å². The number of nitrogens with one attached hydrogen (secondary N) is 2. The highest BCUT2D eigenvalue weighted by molar-refractivity contribution is 5.78. The molecule has 0 bridgehead atoms. The van der Waals surface area contributed by atoms with Gasteiger partial charge in [0.1, 0.15) is 5.82 Å². The molecule has 1 amide bonds. The molecule has 1 aliphatic heterocycles. The number of amides is 1. The summed E-state index contributed by atoms with van der Waals surface area (Å²) in [5, 5.41) is 6.16. The zero-order valence-corrected chi connectivity index (χ0v) is 11.7. The summed E-state index contributed by atoms with van der Waals surface area (Å²) in [6.45, 7) is 5.88. The number of hydrogen-bond donors (Lipinski definition) is 2. The SMILES string of the molecule is O=C(Cc1ccccc1F)NCCCN1CCNCC1. The summed E-state index contributed by atoms with van der Waals surface area (Å²) in [6.07, 6.45) is 1.04. The molecule has 1 heterocycles. The van der Waals surface area contributed by atoms with Gasteiger partial charge in [-0.25, -0.2) is 4.39 Å². The fraction of sp³-hybridized carbons (Fsp3) is 0.533. The molecule has 0 radical (unpaired) electrons. The molecule has 1 saturated heterocycles. The van der Waals surface area contributed by atoms with Gasteiger partial charge in [0.2, 0.25) is 5.91 Å². The Kier molecular flexibility index (Phi) is 5.95. The lowest BCUT2D eigenvalue weighted by molar-refractivity contribution is -0.120. The number of halogens is 1. The highest BCUT2D eigenvalue weighted by Gasteiger charge is 2.09. The summed E-state index contributed by atoms with van der Waals surface area (Å²) >= 11 is 0. The summed E-state index contributed by atoms with van der Waals surface area (Å²) in [5.41, 5.74) is 0.451. The maximum atomic E-state index is 13.4. The topological polar surface area (TPSA) is 44.4 Å². The number of hydrogen-bond acceptors (Lipinski definition) is 3. The van der Waals surface area contributed by atoms with E-state index >= 15 is 0 Å². The predicted octanol–water partition coefficient (Wildman–Crippen LogP) is 0.780. The average molecular weight is 279 g/mol. The van der Waals surface area contributed by atoms with Crippen molar-refractivity contribution in [3.05, 3.63) is 35.6 Å². The van der Waals surface area contributed by atoms with Crippen LogP contribution in [-0.4, -0.2) is 50.1 Å². The van der Waals surface area contributed by atoms with Gasteiger partial charge in [-0.2, -0.15) is 0 Å². The fourth-order valence-corrected chi connectivity index (χ4v) is 2.34. The quantitative estimate of drug-likeness (QED) is 0.756. The molecule has 2 rings (SSSR count). The molecule has 0 aliphatic carbocycles. The normalized spacial score (nSPS) is 16.1. The Hall–Kier alpha value is -1.46. The number of benzene rings is 1. The Morgan fingerprint density at radius 2 is 2.05 bits per heavy atom. The second kappa shape index (κ2) is 7.97. The molecule has 5 heteroatoms. The van der Waals surface area contributed by atoms with E-state index in [9.17, 15) is 9.18 Å². The molecule has 0 aromatic heterocycles. The van der Waals surface area contributed by atoms with Gasteiger partial charge in [0.25, 0.3) is 0 Å². The van der Waals surface area contributed by atoms with E-state index in [1.807, 2.05) is 0 Å². The molecule has 0 saturated carbocycles. The third kappa shape index (κ3) is 4.90. The first-order valence-corrected chi connectivity index (χ1v) is 7.19. The minimum Gasteiger partial charge on any atom is -0.356 e. The van der Waals surface area contributed by atoms with E-state index in [-0.39, 0.29) is 18.1 Å². The van der Waals surface area contributed by atoms with Crippen LogP contribution in [0.2, 0.25) is 0 Å². The zero-order chi connectivity index (χ0) is 14.2. The number of carbonyl (C=O) groups excluding carboxylic acids is 1. The van der Waals surface area contributed by atoms with Gasteiger partial charge in [0, 0.05) is 32.7 Å². The van der Waals surface area contributed by atoms with Crippen LogP contribution in [0.3, 0.4) is 0 Å². The van der Waals surface area contributed by atoms with Crippen molar-refractivity contribution in [3.63, 3.8) is 0 Å². The summed E-state index contributed by atoms with van der Waals surface area (Å²) in [5.74, 6) is -0.432. The smallest absolute Gasteiger partial charge is 0.224 e. The van der Waals surface area contributed by atoms with Crippen LogP contribution in [0, 0.1) is 5.82 Å². The largest absolute Gasteiger partial charge is 0.356 e. The van der Waals surface area contributed by atoms with Crippen LogP contribution in [0.25, 0.3) is 0 Å². The molecule has 1 aromatic carbocycles. The van der Waals surface area contributed by atoms with Crippen molar-refractivity contribution in [2.24, 2.45) is 0 Å². The van der Waals surface area contributed by atoms with Crippen molar-refractivity contribution in [2.45, 2.75) is 12.8 Å². The molecule has 1 aromatic rings. The van der Waals surface area contributed by atoms with E-state index in [2.05, 4.69) is 15.5 Å². The lowest BCUT2D eigenvalue weighted by Crippen LogP contribution is -2.44. The van der Waals surface area contributed by atoms with Crippen molar-refractivity contribution < 1.29 is 9.18 Å². The molecule has 20 heavy (non-hydrogen) atoms. The Morgan fingerprint density at radius 3 is 2.80 bits per heavy atom. The third-order valence-electron chi connectivity index (χ3n) is 3.49. The minimum atomic E-state index is -0.316. The number of carbonyl (C=O) groups is 1. The number of nitrogens with zero attached hydrogens (tertiary/aromatic N) is 1. The minimum absolute atomic E-state index is 0.111. The maximum Gasteiger partial charge on any atom is 0.224 e. The lowest BCUT2D eigenvalue weighted by atomic mass is 10.1. The van der Waals surface area contributed by atoms with E-state index in [1.54, 1.807) is 18.2 Å². The van der Waals surface area contributed by atoms with Gasteiger partial charge >= 0.3 is 0 Å². The average Bonchev–Trinajstić information content (AvgIpc) is 2.47. The van der Waals surface area contributed by atoms with Gasteiger partial charge in [-0.1, -0.05) is 18.2 Å². The van der Waals surface area contributed by atoms with Crippen LogP contribution < -0.4 is 10.6 Å². The lowest BCUT2D eigenvalue weighted by Gasteiger charge is -2.27. The van der Waals surface area contributed by atoms with Gasteiger partial charge in [-0.05, 0) is 24.6 Å². The van der Waals surface area contributed by atoms with E-state index in [4.69, 9.17) is 0 Å². The third-order valence-corrected chi connectivity index (χ3v) is 3.49. The zero-order valence-electron chi connectivity index (χ0n) is 11.7. The molecule has 1 aliphatic rings. The van der Waals surface area contributed by atoms with Gasteiger partial charge in [0.15, 0.2) is 0 Å². The molecular formula is C15H22FN3O. The summed E-state index contributed by atoms with van der Waals surface area (Å²) in [7, 11) is 0. The first kappa shape index (κ1) is 14.9. The van der Waals surface area contributed by atoms with Crippen molar-refractivity contribution in [1.82, 2.24) is 15.5 Å². The molecule has 2 N–H and O–H groups in total. The van der Waals surface area contributed by atoms with Crippen molar-refractivity contribution in [3.8, 4) is 0 Å². The Labute approximate surface area is 119 Å². The van der Waals surface area contributed by atoms with Crippen LogP contribution in [0.4, 0.5) is 4.39 Å². The Balaban J connectivity index is 1.61. The number of piperazine rings is 1. The highest BCUT2D eigenvalue weighted by atomic mass is 19.1. The molecule has 1 fully saturated rings.